The molecule has 0 radical (unpaired) electrons. The molecule has 18 heavy (non-hydrogen) atoms. The number of thiazole rings is 1. The van der Waals surface area contributed by atoms with Crippen LogP contribution in [-0.2, 0) is 5.75 Å². The van der Waals surface area contributed by atoms with Crippen LogP contribution in [0.5, 0.6) is 0 Å². The van der Waals surface area contributed by atoms with E-state index in [-0.39, 0.29) is 5.84 Å². The summed E-state index contributed by atoms with van der Waals surface area (Å²) in [6, 6.07) is 7.64. The maximum Gasteiger partial charge on any atom is 0.170 e. The van der Waals surface area contributed by atoms with Crippen molar-refractivity contribution in [2.75, 3.05) is 0 Å². The van der Waals surface area contributed by atoms with E-state index in [0.29, 0.717) is 0 Å². The SMILES string of the molecule is Cc1csc(SCc2ccc(/C(N)=N/O)cc2)n1. The maximum absolute atomic E-state index is 8.56. The third-order valence-electron chi connectivity index (χ3n) is 2.32. The second-order valence-corrected chi connectivity index (χ2v) is 5.81. The van der Waals surface area contributed by atoms with Crippen LogP contribution < -0.4 is 5.73 Å². The van der Waals surface area contributed by atoms with Crippen molar-refractivity contribution in [2.45, 2.75) is 17.0 Å². The number of benzene rings is 1. The fourth-order valence-electron chi connectivity index (χ4n) is 1.37. The zero-order valence-corrected chi connectivity index (χ0v) is 11.5. The topological polar surface area (TPSA) is 71.5 Å². The Morgan fingerprint density at radius 3 is 2.72 bits per heavy atom. The molecule has 94 valence electrons. The Labute approximate surface area is 114 Å². The number of oxime groups is 1. The Kier molecular flexibility index (Phi) is 4.22. The summed E-state index contributed by atoms with van der Waals surface area (Å²) >= 11 is 3.37. The summed E-state index contributed by atoms with van der Waals surface area (Å²) in [6.07, 6.45) is 0. The first-order valence-corrected chi connectivity index (χ1v) is 7.17. The minimum atomic E-state index is 0.129. The van der Waals surface area contributed by atoms with Crippen molar-refractivity contribution in [3.8, 4) is 0 Å². The first-order valence-electron chi connectivity index (χ1n) is 5.31. The maximum atomic E-state index is 8.56. The molecule has 1 aromatic heterocycles. The van der Waals surface area contributed by atoms with Gasteiger partial charge in [0.05, 0.1) is 0 Å². The standard InChI is InChI=1S/C12H13N3OS2/c1-8-6-17-12(14-8)18-7-9-2-4-10(5-3-9)11(13)15-16/h2-6,16H,7H2,1H3,(H2,13,15). The van der Waals surface area contributed by atoms with E-state index in [1.54, 1.807) is 23.1 Å². The van der Waals surface area contributed by atoms with Crippen LogP contribution in [0.3, 0.4) is 0 Å². The summed E-state index contributed by atoms with van der Waals surface area (Å²) in [6.45, 7) is 1.99. The van der Waals surface area contributed by atoms with E-state index in [2.05, 4.69) is 10.1 Å². The summed E-state index contributed by atoms with van der Waals surface area (Å²) in [5.74, 6) is 0.994. The van der Waals surface area contributed by atoms with Crippen LogP contribution in [0.1, 0.15) is 16.8 Å². The number of amidine groups is 1. The molecule has 1 aromatic carbocycles. The Morgan fingerprint density at radius 2 is 2.17 bits per heavy atom. The van der Waals surface area contributed by atoms with Gasteiger partial charge in [-0.2, -0.15) is 0 Å². The van der Waals surface area contributed by atoms with Crippen LogP contribution in [0.25, 0.3) is 0 Å². The number of aromatic nitrogens is 1. The Morgan fingerprint density at radius 1 is 1.44 bits per heavy atom. The molecule has 0 aliphatic carbocycles. The van der Waals surface area contributed by atoms with Gasteiger partial charge in [-0.05, 0) is 12.5 Å². The molecule has 4 nitrogen and oxygen atoms in total. The van der Waals surface area contributed by atoms with Gasteiger partial charge in [-0.15, -0.1) is 11.3 Å². The molecule has 0 unspecified atom stereocenters. The minimum absolute atomic E-state index is 0.129. The monoisotopic (exact) mass is 279 g/mol. The molecule has 0 spiro atoms. The Balaban J connectivity index is 1.98. The lowest BCUT2D eigenvalue weighted by Gasteiger charge is -2.01. The predicted molar refractivity (Wildman–Crippen MR) is 75.4 cm³/mol. The lowest BCUT2D eigenvalue weighted by molar-refractivity contribution is 0.318. The van der Waals surface area contributed by atoms with E-state index in [1.807, 2.05) is 36.6 Å². The summed E-state index contributed by atoms with van der Waals surface area (Å²) < 4.78 is 1.08. The molecule has 2 rings (SSSR count). The van der Waals surface area contributed by atoms with Gasteiger partial charge in [0, 0.05) is 22.4 Å². The third-order valence-corrected chi connectivity index (χ3v) is 4.53. The number of thioether (sulfide) groups is 1. The summed E-state index contributed by atoms with van der Waals surface area (Å²) in [5, 5.41) is 13.6. The molecule has 0 atom stereocenters. The number of hydrogen-bond acceptors (Lipinski definition) is 5. The Hall–Kier alpha value is -1.53. The molecule has 0 aliphatic heterocycles. The van der Waals surface area contributed by atoms with Gasteiger partial charge >= 0.3 is 0 Å². The molecule has 0 saturated carbocycles. The third kappa shape index (κ3) is 3.24. The van der Waals surface area contributed by atoms with Crippen molar-refractivity contribution < 1.29 is 5.21 Å². The van der Waals surface area contributed by atoms with Gasteiger partial charge in [0.2, 0.25) is 0 Å². The van der Waals surface area contributed by atoms with E-state index in [9.17, 15) is 0 Å². The van der Waals surface area contributed by atoms with Crippen LogP contribution in [-0.4, -0.2) is 16.0 Å². The average Bonchev–Trinajstić information content (AvgIpc) is 2.82. The number of hydrogen-bond donors (Lipinski definition) is 2. The number of rotatable bonds is 4. The number of nitrogens with two attached hydrogens (primary N) is 1. The average molecular weight is 279 g/mol. The quantitative estimate of drug-likeness (QED) is 0.297. The highest BCUT2D eigenvalue weighted by Crippen LogP contribution is 2.25. The van der Waals surface area contributed by atoms with Gasteiger partial charge < -0.3 is 10.9 Å². The molecule has 3 N–H and O–H groups in total. The van der Waals surface area contributed by atoms with Gasteiger partial charge in [-0.3, -0.25) is 0 Å². The number of aryl methyl sites for hydroxylation is 1. The van der Waals surface area contributed by atoms with Crippen LogP contribution in [0, 0.1) is 6.92 Å². The van der Waals surface area contributed by atoms with Gasteiger partial charge in [-0.25, -0.2) is 4.98 Å². The normalized spacial score (nSPS) is 11.7. The van der Waals surface area contributed by atoms with Gasteiger partial charge in [0.1, 0.15) is 4.34 Å². The smallest absolute Gasteiger partial charge is 0.170 e. The largest absolute Gasteiger partial charge is 0.409 e. The second-order valence-electron chi connectivity index (χ2n) is 3.73. The molecule has 2 aromatic rings. The molecule has 0 amide bonds. The molecule has 6 heteroatoms. The molecular weight excluding hydrogens is 266 g/mol. The fourth-order valence-corrected chi connectivity index (χ4v) is 3.18. The summed E-state index contributed by atoms with van der Waals surface area (Å²) in [7, 11) is 0. The van der Waals surface area contributed by atoms with E-state index in [1.165, 1.54) is 5.56 Å². The van der Waals surface area contributed by atoms with Crippen LogP contribution >= 0.6 is 23.1 Å². The summed E-state index contributed by atoms with van der Waals surface area (Å²) in [4.78, 5) is 4.39. The molecular formula is C12H13N3OS2. The lowest BCUT2D eigenvalue weighted by Crippen LogP contribution is -2.12. The summed E-state index contributed by atoms with van der Waals surface area (Å²) in [5.41, 5.74) is 8.46. The van der Waals surface area contributed by atoms with Crippen molar-refractivity contribution in [2.24, 2.45) is 10.9 Å². The number of nitrogens with zero attached hydrogens (tertiary/aromatic N) is 2. The molecule has 1 heterocycles. The predicted octanol–water partition coefficient (Wildman–Crippen LogP) is 2.84. The van der Waals surface area contributed by atoms with Gasteiger partial charge in [-0.1, -0.05) is 41.2 Å². The van der Waals surface area contributed by atoms with Crippen molar-refractivity contribution in [1.82, 2.24) is 4.98 Å². The van der Waals surface area contributed by atoms with E-state index < -0.39 is 0 Å². The highest BCUT2D eigenvalue weighted by Gasteiger charge is 2.02. The van der Waals surface area contributed by atoms with Crippen molar-refractivity contribution >= 4 is 28.9 Å². The fraction of sp³-hybridized carbons (Fsp3) is 0.167. The zero-order chi connectivity index (χ0) is 13.0. The lowest BCUT2D eigenvalue weighted by atomic mass is 10.1. The first-order chi connectivity index (χ1) is 8.69. The van der Waals surface area contributed by atoms with Gasteiger partial charge in [0.15, 0.2) is 5.84 Å². The Bertz CT molecular complexity index is 549. The van der Waals surface area contributed by atoms with Gasteiger partial charge in [0.25, 0.3) is 0 Å². The highest BCUT2D eigenvalue weighted by atomic mass is 32.2. The van der Waals surface area contributed by atoms with Crippen LogP contribution in [0.15, 0.2) is 39.1 Å². The zero-order valence-electron chi connectivity index (χ0n) is 9.83. The van der Waals surface area contributed by atoms with E-state index >= 15 is 0 Å². The van der Waals surface area contributed by atoms with Crippen LogP contribution in [0.2, 0.25) is 0 Å². The molecule has 0 aliphatic rings. The second kappa shape index (κ2) is 5.88. The minimum Gasteiger partial charge on any atom is -0.409 e. The molecule has 0 saturated heterocycles. The van der Waals surface area contributed by atoms with Crippen LogP contribution in [0.4, 0.5) is 0 Å². The van der Waals surface area contributed by atoms with Crippen molar-refractivity contribution in [1.29, 1.82) is 0 Å². The van der Waals surface area contributed by atoms with Crippen molar-refractivity contribution in [3.63, 3.8) is 0 Å². The highest BCUT2D eigenvalue weighted by molar-refractivity contribution is 8.00. The molecule has 0 bridgehead atoms. The van der Waals surface area contributed by atoms with E-state index in [4.69, 9.17) is 10.9 Å². The first kappa shape index (κ1) is 12.9. The molecule has 0 fully saturated rings. The van der Waals surface area contributed by atoms with Crippen molar-refractivity contribution in [3.05, 3.63) is 46.5 Å². The van der Waals surface area contributed by atoms with E-state index in [0.717, 1.165) is 21.3 Å².